The molecule has 0 saturated heterocycles. The van der Waals surface area contributed by atoms with Crippen LogP contribution in [0, 0.1) is 12.8 Å². The predicted octanol–water partition coefficient (Wildman–Crippen LogP) is 2.16. The molecule has 0 saturated carbocycles. The van der Waals surface area contributed by atoms with E-state index in [4.69, 9.17) is 0 Å². The fourth-order valence-corrected chi connectivity index (χ4v) is 0.254. The van der Waals surface area contributed by atoms with Crippen LogP contribution in [-0.2, 0) is 0 Å². The SMILES string of the molecule is C=C[CH-]C=C[CH-]C. The van der Waals surface area contributed by atoms with Crippen molar-refractivity contribution in [1.29, 1.82) is 0 Å². The van der Waals surface area contributed by atoms with Crippen LogP contribution in [0.15, 0.2) is 24.8 Å². The summed E-state index contributed by atoms with van der Waals surface area (Å²) in [5, 5.41) is 0. The molecule has 0 amide bonds. The van der Waals surface area contributed by atoms with Crippen LogP contribution in [0.2, 0.25) is 0 Å². The molecular formula is C7H10-2. The molecule has 0 unspecified atom stereocenters. The van der Waals surface area contributed by atoms with Crippen LogP contribution < -0.4 is 0 Å². The van der Waals surface area contributed by atoms with Gasteiger partial charge in [-0.1, -0.05) is 0 Å². The molecule has 0 aromatic carbocycles. The van der Waals surface area contributed by atoms with Gasteiger partial charge in [0.05, 0.1) is 0 Å². The highest BCUT2D eigenvalue weighted by atomic mass is 13.7. The Morgan fingerprint density at radius 2 is 2.14 bits per heavy atom. The van der Waals surface area contributed by atoms with Crippen molar-refractivity contribution in [1.82, 2.24) is 0 Å². The summed E-state index contributed by atoms with van der Waals surface area (Å²) < 4.78 is 0. The van der Waals surface area contributed by atoms with Crippen LogP contribution in [0.25, 0.3) is 0 Å². The zero-order valence-electron chi connectivity index (χ0n) is 4.59. The van der Waals surface area contributed by atoms with Crippen LogP contribution in [0.3, 0.4) is 0 Å². The second-order valence-corrected chi connectivity index (χ2v) is 1.15. The van der Waals surface area contributed by atoms with E-state index in [9.17, 15) is 0 Å². The van der Waals surface area contributed by atoms with Crippen LogP contribution in [0.5, 0.6) is 0 Å². The summed E-state index contributed by atoms with van der Waals surface area (Å²) in [5.41, 5.74) is 0. The van der Waals surface area contributed by atoms with Crippen molar-refractivity contribution in [3.8, 4) is 0 Å². The molecule has 0 N–H and O–H groups in total. The van der Waals surface area contributed by atoms with Crippen LogP contribution in [-0.4, -0.2) is 0 Å². The van der Waals surface area contributed by atoms with Crippen molar-refractivity contribution in [3.05, 3.63) is 37.6 Å². The normalized spacial score (nSPS) is 8.71. The van der Waals surface area contributed by atoms with Crippen LogP contribution in [0.4, 0.5) is 0 Å². The third-order valence-electron chi connectivity index (χ3n) is 0.551. The number of allylic oxidation sites excluding steroid dienone is 3. The maximum absolute atomic E-state index is 3.51. The van der Waals surface area contributed by atoms with Crippen LogP contribution in [0.1, 0.15) is 6.92 Å². The smallest absolute Gasteiger partial charge is 0.124 e. The van der Waals surface area contributed by atoms with Gasteiger partial charge in [-0.05, 0) is 0 Å². The van der Waals surface area contributed by atoms with Gasteiger partial charge < -0.3 is 12.2 Å². The van der Waals surface area contributed by atoms with E-state index in [1.165, 1.54) is 0 Å². The summed E-state index contributed by atoms with van der Waals surface area (Å²) in [4.78, 5) is 0. The molecule has 7 heavy (non-hydrogen) atoms. The number of hydrogen-bond donors (Lipinski definition) is 0. The topological polar surface area (TPSA) is 0 Å². The summed E-state index contributed by atoms with van der Waals surface area (Å²) in [6.45, 7) is 5.49. The molecule has 0 nitrogen and oxygen atoms in total. The minimum atomic E-state index is 1.75. The summed E-state index contributed by atoms with van der Waals surface area (Å²) >= 11 is 0. The number of hydrogen-bond acceptors (Lipinski definition) is 0. The van der Waals surface area contributed by atoms with Gasteiger partial charge in [-0.15, -0.1) is 6.92 Å². The maximum atomic E-state index is 3.51. The van der Waals surface area contributed by atoms with E-state index in [0.29, 0.717) is 0 Å². The van der Waals surface area contributed by atoms with Gasteiger partial charge >= 0.3 is 0 Å². The monoisotopic (exact) mass is 94.1 g/mol. The van der Waals surface area contributed by atoms with E-state index in [-0.39, 0.29) is 0 Å². The molecule has 0 aliphatic carbocycles. The van der Waals surface area contributed by atoms with E-state index in [1.807, 2.05) is 31.9 Å². The van der Waals surface area contributed by atoms with E-state index in [2.05, 4.69) is 6.58 Å². The quantitative estimate of drug-likeness (QED) is 0.470. The van der Waals surface area contributed by atoms with Crippen molar-refractivity contribution in [2.75, 3.05) is 0 Å². The molecule has 0 aliphatic heterocycles. The molecule has 0 spiro atoms. The van der Waals surface area contributed by atoms with E-state index >= 15 is 0 Å². The summed E-state index contributed by atoms with van der Waals surface area (Å²) in [6.07, 6.45) is 9.51. The zero-order chi connectivity index (χ0) is 5.54. The van der Waals surface area contributed by atoms with Gasteiger partial charge in [0.15, 0.2) is 0 Å². The lowest BCUT2D eigenvalue weighted by molar-refractivity contribution is 1.54. The standard InChI is InChI=1S/C7H10/c1-3-5-7-6-4-2/h3-7H,1H2,2H3/q-2. The number of rotatable bonds is 3. The fourth-order valence-electron chi connectivity index (χ4n) is 0.254. The van der Waals surface area contributed by atoms with Crippen molar-refractivity contribution in [2.24, 2.45) is 0 Å². The van der Waals surface area contributed by atoms with Gasteiger partial charge in [0.2, 0.25) is 0 Å². The minimum Gasteiger partial charge on any atom is -0.326 e. The average molecular weight is 94.2 g/mol. The van der Waals surface area contributed by atoms with Crippen molar-refractivity contribution in [3.63, 3.8) is 0 Å². The molecule has 0 radical (unpaired) electrons. The largest absolute Gasteiger partial charge is 0.326 e. The first-order valence-corrected chi connectivity index (χ1v) is 2.32. The van der Waals surface area contributed by atoms with Gasteiger partial charge in [0, 0.05) is 0 Å². The molecule has 0 heteroatoms. The van der Waals surface area contributed by atoms with Gasteiger partial charge in [-0.25, -0.2) is 0 Å². The lowest BCUT2D eigenvalue weighted by Gasteiger charge is -1.96. The Bertz CT molecular complexity index is 60.4. The zero-order valence-corrected chi connectivity index (χ0v) is 4.59. The van der Waals surface area contributed by atoms with Crippen molar-refractivity contribution in [2.45, 2.75) is 6.92 Å². The first kappa shape index (κ1) is 6.22. The third-order valence-corrected chi connectivity index (χ3v) is 0.551. The molecule has 0 heterocycles. The molecule has 0 rings (SSSR count). The highest BCUT2D eigenvalue weighted by Crippen LogP contribution is 1.81. The second-order valence-electron chi connectivity index (χ2n) is 1.15. The van der Waals surface area contributed by atoms with Crippen LogP contribution >= 0.6 is 0 Å². The second kappa shape index (κ2) is 5.22. The lowest BCUT2D eigenvalue weighted by atomic mass is 10.3. The van der Waals surface area contributed by atoms with Crippen molar-refractivity contribution >= 4 is 0 Å². The van der Waals surface area contributed by atoms with E-state index < -0.39 is 0 Å². The van der Waals surface area contributed by atoms with Gasteiger partial charge in [0.1, 0.15) is 0 Å². The minimum absolute atomic E-state index is 1.75. The van der Waals surface area contributed by atoms with Crippen molar-refractivity contribution < 1.29 is 0 Å². The molecule has 0 aliphatic rings. The highest BCUT2D eigenvalue weighted by molar-refractivity contribution is 5.07. The highest BCUT2D eigenvalue weighted by Gasteiger charge is 1.42. The first-order valence-electron chi connectivity index (χ1n) is 2.32. The van der Waals surface area contributed by atoms with Gasteiger partial charge in [-0.3, -0.25) is 12.8 Å². The van der Waals surface area contributed by atoms with E-state index in [0.717, 1.165) is 0 Å². The Morgan fingerprint density at radius 1 is 1.43 bits per heavy atom. The Hall–Kier alpha value is -0.780. The predicted molar refractivity (Wildman–Crippen MR) is 33.6 cm³/mol. The molecule has 0 atom stereocenters. The Kier molecular flexibility index (Phi) is 4.64. The molecule has 0 bridgehead atoms. The fraction of sp³-hybridized carbons (Fsp3) is 0.143. The summed E-state index contributed by atoms with van der Waals surface area (Å²) in [5.74, 6) is 0. The molecular weight excluding hydrogens is 84.1 g/mol. The first-order chi connectivity index (χ1) is 3.41. The third kappa shape index (κ3) is 5.22. The maximum Gasteiger partial charge on any atom is -0.124 e. The summed E-state index contributed by atoms with van der Waals surface area (Å²) in [6, 6.07) is 0. The summed E-state index contributed by atoms with van der Waals surface area (Å²) in [7, 11) is 0. The molecule has 0 aromatic rings. The molecule has 40 valence electrons. The average Bonchev–Trinajstić information content (AvgIpc) is 1.69. The lowest BCUT2D eigenvalue weighted by Crippen LogP contribution is -1.56. The Morgan fingerprint density at radius 3 is 2.57 bits per heavy atom. The van der Waals surface area contributed by atoms with Gasteiger partial charge in [-0.2, -0.15) is 12.7 Å². The Balaban J connectivity index is 2.92. The van der Waals surface area contributed by atoms with Gasteiger partial charge in [0.25, 0.3) is 0 Å². The Labute approximate surface area is 45.5 Å². The molecule has 0 fully saturated rings. The van der Waals surface area contributed by atoms with E-state index in [1.54, 1.807) is 6.08 Å². The molecule has 0 aromatic heterocycles.